The first-order valence-corrected chi connectivity index (χ1v) is 9.00. The van der Waals surface area contributed by atoms with Gasteiger partial charge in [0.2, 0.25) is 0 Å². The third-order valence-electron chi connectivity index (χ3n) is 4.37. The van der Waals surface area contributed by atoms with E-state index in [1.54, 1.807) is 0 Å². The van der Waals surface area contributed by atoms with Crippen molar-refractivity contribution in [2.45, 2.75) is 36.1 Å². The van der Waals surface area contributed by atoms with Crippen LogP contribution in [0.3, 0.4) is 0 Å². The first-order chi connectivity index (χ1) is 9.55. The molecule has 1 aromatic rings. The minimum absolute atomic E-state index is 0.241. The molecule has 3 heterocycles. The summed E-state index contributed by atoms with van der Waals surface area (Å²) in [6.45, 7) is 3.61. The Balaban J connectivity index is 1.73. The summed E-state index contributed by atoms with van der Waals surface area (Å²) in [5.74, 6) is 0.241. The lowest BCUT2D eigenvalue weighted by Gasteiger charge is -2.31. The number of hydrogen-bond donors (Lipinski definition) is 1. The molecule has 6 nitrogen and oxygen atoms in total. The number of rotatable bonds is 3. The van der Waals surface area contributed by atoms with Crippen molar-refractivity contribution in [3.8, 4) is 0 Å². The molecule has 20 heavy (non-hydrogen) atoms. The third kappa shape index (κ3) is 2.75. The molecule has 2 saturated heterocycles. The van der Waals surface area contributed by atoms with Crippen LogP contribution < -0.4 is 0 Å². The first kappa shape index (κ1) is 14.0. The second-order valence-corrected chi connectivity index (χ2v) is 7.73. The monoisotopic (exact) mass is 299 g/mol. The molecule has 0 unspecified atom stereocenters. The van der Waals surface area contributed by atoms with Gasteiger partial charge in [-0.3, -0.25) is 10.00 Å². The maximum absolute atomic E-state index is 11.8. The molecule has 0 aromatic carbocycles. The molecule has 7 heteroatoms. The van der Waals surface area contributed by atoms with E-state index in [0.717, 1.165) is 51.3 Å². The van der Waals surface area contributed by atoms with Crippen LogP contribution >= 0.6 is 0 Å². The number of sulfone groups is 1. The largest absolute Gasteiger partial charge is 0.381 e. The molecule has 2 aliphatic rings. The molecule has 1 N–H and O–H groups in total. The second kappa shape index (κ2) is 5.46. The van der Waals surface area contributed by atoms with E-state index < -0.39 is 9.84 Å². The fraction of sp³-hybridized carbons (Fsp3) is 0.769. The zero-order valence-electron chi connectivity index (χ0n) is 11.7. The van der Waals surface area contributed by atoms with Gasteiger partial charge in [0.15, 0.2) is 9.84 Å². The molecule has 0 spiro atoms. The molecule has 2 aliphatic heterocycles. The predicted octanol–water partition coefficient (Wildman–Crippen LogP) is 0.781. The highest BCUT2D eigenvalue weighted by atomic mass is 32.2. The summed E-state index contributed by atoms with van der Waals surface area (Å²) in [6, 6.07) is 0.582. The van der Waals surface area contributed by atoms with E-state index >= 15 is 0 Å². The molecular formula is C13H21N3O3S. The third-order valence-corrected chi connectivity index (χ3v) is 5.49. The van der Waals surface area contributed by atoms with Crippen molar-refractivity contribution in [1.29, 1.82) is 0 Å². The molecule has 3 rings (SSSR count). The van der Waals surface area contributed by atoms with Crippen molar-refractivity contribution < 1.29 is 13.2 Å². The van der Waals surface area contributed by atoms with Crippen molar-refractivity contribution >= 4 is 9.84 Å². The predicted molar refractivity (Wildman–Crippen MR) is 74.5 cm³/mol. The Morgan fingerprint density at radius 2 is 2.10 bits per heavy atom. The Labute approximate surface area is 119 Å². The SMILES string of the molecule is CS(=O)(=O)c1cn[nH]c1[C@@H]1CCN(C2CCOCC2)C1. The molecule has 1 aromatic heterocycles. The minimum Gasteiger partial charge on any atom is -0.381 e. The number of aromatic nitrogens is 2. The van der Waals surface area contributed by atoms with Gasteiger partial charge in [0.05, 0.1) is 11.9 Å². The van der Waals surface area contributed by atoms with Crippen molar-refractivity contribution in [1.82, 2.24) is 15.1 Å². The second-order valence-electron chi connectivity index (χ2n) is 5.74. The number of aromatic amines is 1. The lowest BCUT2D eigenvalue weighted by molar-refractivity contribution is 0.0419. The van der Waals surface area contributed by atoms with Crippen molar-refractivity contribution in [2.75, 3.05) is 32.6 Å². The highest BCUT2D eigenvalue weighted by Gasteiger charge is 2.33. The maximum atomic E-state index is 11.8. The highest BCUT2D eigenvalue weighted by Crippen LogP contribution is 2.32. The molecule has 0 aliphatic carbocycles. The number of H-pyrrole nitrogens is 1. The van der Waals surface area contributed by atoms with Gasteiger partial charge in [-0.1, -0.05) is 0 Å². The fourth-order valence-electron chi connectivity index (χ4n) is 3.28. The lowest BCUT2D eigenvalue weighted by Crippen LogP contribution is -2.37. The Bertz CT molecular complexity index is 563. The zero-order chi connectivity index (χ0) is 14.2. The zero-order valence-corrected chi connectivity index (χ0v) is 12.5. The number of nitrogens with zero attached hydrogens (tertiary/aromatic N) is 2. The summed E-state index contributed by atoms with van der Waals surface area (Å²) >= 11 is 0. The molecule has 2 fully saturated rings. The Hall–Kier alpha value is -0.920. The van der Waals surface area contributed by atoms with E-state index in [1.807, 2.05) is 0 Å². The number of hydrogen-bond acceptors (Lipinski definition) is 5. The Kier molecular flexibility index (Phi) is 3.83. The van der Waals surface area contributed by atoms with E-state index in [1.165, 1.54) is 12.5 Å². The van der Waals surface area contributed by atoms with Crippen LogP contribution in [0.4, 0.5) is 0 Å². The van der Waals surface area contributed by atoms with E-state index in [4.69, 9.17) is 4.74 Å². The van der Waals surface area contributed by atoms with Crippen LogP contribution in [0.1, 0.15) is 30.9 Å². The van der Waals surface area contributed by atoms with Gasteiger partial charge in [-0.2, -0.15) is 5.10 Å². The van der Waals surface area contributed by atoms with Crippen molar-refractivity contribution in [3.63, 3.8) is 0 Å². The first-order valence-electron chi connectivity index (χ1n) is 7.11. The van der Waals surface area contributed by atoms with Crippen molar-refractivity contribution in [3.05, 3.63) is 11.9 Å². The smallest absolute Gasteiger partial charge is 0.178 e. The topological polar surface area (TPSA) is 75.3 Å². The average molecular weight is 299 g/mol. The van der Waals surface area contributed by atoms with Crippen LogP contribution in [0.15, 0.2) is 11.1 Å². The molecule has 1 atom stereocenters. The molecule has 0 amide bonds. The van der Waals surface area contributed by atoms with Crippen LogP contribution in [-0.4, -0.2) is 62.1 Å². The van der Waals surface area contributed by atoms with Gasteiger partial charge >= 0.3 is 0 Å². The Morgan fingerprint density at radius 3 is 2.80 bits per heavy atom. The van der Waals surface area contributed by atoms with Gasteiger partial charge in [-0.05, 0) is 25.8 Å². The maximum Gasteiger partial charge on any atom is 0.178 e. The fourth-order valence-corrected chi connectivity index (χ4v) is 4.13. The van der Waals surface area contributed by atoms with Gasteiger partial charge in [-0.15, -0.1) is 0 Å². The number of nitrogens with one attached hydrogen (secondary N) is 1. The van der Waals surface area contributed by atoms with E-state index in [-0.39, 0.29) is 5.92 Å². The van der Waals surface area contributed by atoms with Crippen molar-refractivity contribution in [2.24, 2.45) is 0 Å². The van der Waals surface area contributed by atoms with Crippen LogP contribution in [0.25, 0.3) is 0 Å². The summed E-state index contributed by atoms with van der Waals surface area (Å²) in [5, 5.41) is 6.83. The number of likely N-dealkylation sites (tertiary alicyclic amines) is 1. The summed E-state index contributed by atoms with van der Waals surface area (Å²) in [4.78, 5) is 2.83. The van der Waals surface area contributed by atoms with Crippen LogP contribution in [-0.2, 0) is 14.6 Å². The summed E-state index contributed by atoms with van der Waals surface area (Å²) in [6.07, 6.45) is 5.82. The van der Waals surface area contributed by atoms with E-state index in [9.17, 15) is 8.42 Å². The Morgan fingerprint density at radius 1 is 1.35 bits per heavy atom. The average Bonchev–Trinajstić information content (AvgIpc) is 3.08. The molecule has 0 radical (unpaired) electrons. The van der Waals surface area contributed by atoms with Gasteiger partial charge < -0.3 is 4.74 Å². The standard InChI is InChI=1S/C13H21N3O3S/c1-20(17,18)12-8-14-15-13(12)10-2-5-16(9-10)11-3-6-19-7-4-11/h8,10-11H,2-7,9H2,1H3,(H,14,15)/t10-/m1/s1. The molecule has 0 bridgehead atoms. The van der Waals surface area contributed by atoms with Gasteiger partial charge in [-0.25, -0.2) is 8.42 Å². The minimum atomic E-state index is -3.20. The van der Waals surface area contributed by atoms with Gasteiger partial charge in [0.25, 0.3) is 0 Å². The summed E-state index contributed by atoms with van der Waals surface area (Å²) < 4.78 is 28.9. The van der Waals surface area contributed by atoms with Gasteiger partial charge in [0, 0.05) is 38.0 Å². The van der Waals surface area contributed by atoms with Crippen LogP contribution in [0.5, 0.6) is 0 Å². The van der Waals surface area contributed by atoms with Gasteiger partial charge in [0.1, 0.15) is 4.90 Å². The van der Waals surface area contributed by atoms with E-state index in [2.05, 4.69) is 15.1 Å². The quantitative estimate of drug-likeness (QED) is 0.893. The highest BCUT2D eigenvalue weighted by molar-refractivity contribution is 7.90. The summed E-state index contributed by atoms with van der Waals surface area (Å²) in [7, 11) is -3.20. The number of ether oxygens (including phenoxy) is 1. The molecule has 0 saturated carbocycles. The van der Waals surface area contributed by atoms with Crippen LogP contribution in [0, 0.1) is 0 Å². The summed E-state index contributed by atoms with van der Waals surface area (Å²) in [5.41, 5.74) is 0.780. The molecular weight excluding hydrogens is 278 g/mol. The molecule has 112 valence electrons. The van der Waals surface area contributed by atoms with E-state index in [0.29, 0.717) is 10.9 Å². The normalized spacial score (nSPS) is 26.1. The van der Waals surface area contributed by atoms with Crippen LogP contribution in [0.2, 0.25) is 0 Å². The lowest BCUT2D eigenvalue weighted by atomic mass is 10.0.